The average Bonchev–Trinajstić information content (AvgIpc) is 2.71. The molecule has 0 aliphatic carbocycles. The number of cyclic esters (lactones) is 1. The van der Waals surface area contributed by atoms with Crippen molar-refractivity contribution in [2.75, 3.05) is 7.11 Å². The van der Waals surface area contributed by atoms with Gasteiger partial charge in [0.2, 0.25) is 5.91 Å². The van der Waals surface area contributed by atoms with E-state index in [2.05, 4.69) is 0 Å². The first-order valence-electron chi connectivity index (χ1n) is 5.25. The van der Waals surface area contributed by atoms with Gasteiger partial charge in [0.1, 0.15) is 11.9 Å². The maximum atomic E-state index is 11.3. The monoisotopic (exact) mass is 235 g/mol. The molecule has 1 aromatic rings. The molecule has 17 heavy (non-hydrogen) atoms. The molecule has 1 aliphatic rings. The van der Waals surface area contributed by atoms with Gasteiger partial charge < -0.3 is 15.2 Å². The quantitative estimate of drug-likeness (QED) is 0.785. The van der Waals surface area contributed by atoms with E-state index in [1.807, 2.05) is 0 Å². The summed E-state index contributed by atoms with van der Waals surface area (Å²) in [5.41, 5.74) is 5.94. The van der Waals surface area contributed by atoms with E-state index in [0.29, 0.717) is 11.3 Å². The Morgan fingerprint density at radius 1 is 1.47 bits per heavy atom. The van der Waals surface area contributed by atoms with E-state index in [1.54, 1.807) is 24.3 Å². The molecule has 2 unspecified atom stereocenters. The van der Waals surface area contributed by atoms with Gasteiger partial charge in [-0.3, -0.25) is 9.59 Å². The van der Waals surface area contributed by atoms with Gasteiger partial charge in [-0.2, -0.15) is 0 Å². The predicted molar refractivity (Wildman–Crippen MR) is 59.1 cm³/mol. The van der Waals surface area contributed by atoms with Crippen molar-refractivity contribution < 1.29 is 19.1 Å². The van der Waals surface area contributed by atoms with Gasteiger partial charge in [-0.05, 0) is 6.07 Å². The third-order valence-corrected chi connectivity index (χ3v) is 2.82. The van der Waals surface area contributed by atoms with Crippen molar-refractivity contribution in [2.45, 2.75) is 12.5 Å². The smallest absolute Gasteiger partial charge is 0.307 e. The van der Waals surface area contributed by atoms with Crippen molar-refractivity contribution in [3.63, 3.8) is 0 Å². The Morgan fingerprint density at radius 2 is 2.18 bits per heavy atom. The Bertz CT molecular complexity index is 458. The summed E-state index contributed by atoms with van der Waals surface area (Å²) >= 11 is 0. The zero-order chi connectivity index (χ0) is 12.4. The van der Waals surface area contributed by atoms with Crippen LogP contribution < -0.4 is 10.5 Å². The van der Waals surface area contributed by atoms with Gasteiger partial charge in [0, 0.05) is 5.56 Å². The number of nitrogens with two attached hydrogens (primary N) is 1. The van der Waals surface area contributed by atoms with E-state index in [0.717, 1.165) is 0 Å². The fourth-order valence-electron chi connectivity index (χ4n) is 1.99. The lowest BCUT2D eigenvalue weighted by Gasteiger charge is -2.17. The molecule has 1 aromatic carbocycles. The van der Waals surface area contributed by atoms with E-state index in [4.69, 9.17) is 15.2 Å². The highest BCUT2D eigenvalue weighted by atomic mass is 16.6. The lowest BCUT2D eigenvalue weighted by molar-refractivity contribution is -0.141. The van der Waals surface area contributed by atoms with Crippen molar-refractivity contribution in [1.82, 2.24) is 0 Å². The Balaban J connectivity index is 2.38. The van der Waals surface area contributed by atoms with Crippen LogP contribution in [0, 0.1) is 5.92 Å². The van der Waals surface area contributed by atoms with Crippen molar-refractivity contribution in [3.05, 3.63) is 29.8 Å². The van der Waals surface area contributed by atoms with Crippen LogP contribution in [0.5, 0.6) is 5.75 Å². The fourth-order valence-corrected chi connectivity index (χ4v) is 1.99. The van der Waals surface area contributed by atoms with Crippen LogP contribution in [-0.2, 0) is 14.3 Å². The van der Waals surface area contributed by atoms with E-state index < -0.39 is 23.9 Å². The second-order valence-electron chi connectivity index (χ2n) is 3.87. The molecule has 90 valence electrons. The summed E-state index contributed by atoms with van der Waals surface area (Å²) in [6, 6.07) is 7.11. The van der Waals surface area contributed by atoms with E-state index in [-0.39, 0.29) is 6.42 Å². The first-order valence-corrected chi connectivity index (χ1v) is 5.25. The van der Waals surface area contributed by atoms with E-state index >= 15 is 0 Å². The van der Waals surface area contributed by atoms with Crippen LogP contribution >= 0.6 is 0 Å². The molecule has 0 spiro atoms. The molecule has 0 radical (unpaired) electrons. The first kappa shape index (κ1) is 11.4. The largest absolute Gasteiger partial charge is 0.496 e. The number of primary amides is 1. The van der Waals surface area contributed by atoms with Crippen LogP contribution in [0.2, 0.25) is 0 Å². The Hall–Kier alpha value is -2.04. The van der Waals surface area contributed by atoms with Crippen LogP contribution in [0.1, 0.15) is 18.1 Å². The van der Waals surface area contributed by atoms with Gasteiger partial charge in [-0.1, -0.05) is 18.2 Å². The molecule has 0 aromatic heterocycles. The minimum atomic E-state index is -0.642. The summed E-state index contributed by atoms with van der Waals surface area (Å²) in [7, 11) is 1.52. The predicted octanol–water partition coefficient (Wildman–Crippen LogP) is 0.785. The van der Waals surface area contributed by atoms with Crippen molar-refractivity contribution >= 4 is 11.9 Å². The van der Waals surface area contributed by atoms with Crippen molar-refractivity contribution in [1.29, 1.82) is 0 Å². The number of benzene rings is 1. The number of methoxy groups -OCH3 is 1. The second kappa shape index (κ2) is 4.45. The molecule has 2 atom stereocenters. The molecule has 1 fully saturated rings. The van der Waals surface area contributed by atoms with Crippen molar-refractivity contribution in [2.24, 2.45) is 11.7 Å². The summed E-state index contributed by atoms with van der Waals surface area (Å²) in [6.45, 7) is 0. The fraction of sp³-hybridized carbons (Fsp3) is 0.333. The highest BCUT2D eigenvalue weighted by molar-refractivity contribution is 5.86. The molecule has 2 N–H and O–H groups in total. The topological polar surface area (TPSA) is 78.6 Å². The maximum absolute atomic E-state index is 11.3. The minimum Gasteiger partial charge on any atom is -0.496 e. The SMILES string of the molecule is COc1ccccc1C1OC(=O)CC1C(N)=O. The molecular weight excluding hydrogens is 222 g/mol. The van der Waals surface area contributed by atoms with Gasteiger partial charge in [-0.15, -0.1) is 0 Å². The molecule has 5 nitrogen and oxygen atoms in total. The number of esters is 1. The number of hydrogen-bond donors (Lipinski definition) is 1. The van der Waals surface area contributed by atoms with Gasteiger partial charge in [-0.25, -0.2) is 0 Å². The molecule has 1 aliphatic heterocycles. The van der Waals surface area contributed by atoms with Gasteiger partial charge in [0.15, 0.2) is 0 Å². The number of amides is 1. The molecule has 0 saturated carbocycles. The van der Waals surface area contributed by atoms with Crippen LogP contribution in [-0.4, -0.2) is 19.0 Å². The molecule has 1 saturated heterocycles. The van der Waals surface area contributed by atoms with E-state index in [9.17, 15) is 9.59 Å². The summed E-state index contributed by atoms with van der Waals surface area (Å²) < 4.78 is 10.3. The maximum Gasteiger partial charge on any atom is 0.307 e. The van der Waals surface area contributed by atoms with Gasteiger partial charge >= 0.3 is 5.97 Å². The number of ether oxygens (including phenoxy) is 2. The zero-order valence-electron chi connectivity index (χ0n) is 9.38. The minimum absolute atomic E-state index is 0.0258. The molecule has 1 heterocycles. The molecule has 0 bridgehead atoms. The second-order valence-corrected chi connectivity index (χ2v) is 3.87. The van der Waals surface area contributed by atoms with Crippen LogP contribution in [0.3, 0.4) is 0 Å². The number of hydrogen-bond acceptors (Lipinski definition) is 4. The molecule has 2 rings (SSSR count). The Kier molecular flexibility index (Phi) is 2.99. The van der Waals surface area contributed by atoms with Crippen LogP contribution in [0.4, 0.5) is 0 Å². The third kappa shape index (κ3) is 2.08. The van der Waals surface area contributed by atoms with Gasteiger partial charge in [0.05, 0.1) is 19.4 Å². The number of carbonyl (C=O) groups excluding carboxylic acids is 2. The average molecular weight is 235 g/mol. The molecular formula is C12H13NO4. The molecule has 1 amide bonds. The Morgan fingerprint density at radius 3 is 2.82 bits per heavy atom. The number of rotatable bonds is 3. The van der Waals surface area contributed by atoms with E-state index in [1.165, 1.54) is 7.11 Å². The third-order valence-electron chi connectivity index (χ3n) is 2.82. The standard InChI is InChI=1S/C12H13NO4/c1-16-9-5-3-2-4-7(9)11-8(12(13)15)6-10(14)17-11/h2-5,8,11H,6H2,1H3,(H2,13,15). The number of carbonyl (C=O) groups is 2. The summed E-state index contributed by atoms with van der Waals surface area (Å²) in [5.74, 6) is -0.992. The highest BCUT2D eigenvalue weighted by Crippen LogP contribution is 2.39. The molecule has 5 heteroatoms. The lowest BCUT2D eigenvalue weighted by atomic mass is 9.94. The van der Waals surface area contributed by atoms with Crippen LogP contribution in [0.15, 0.2) is 24.3 Å². The number of para-hydroxylation sites is 1. The van der Waals surface area contributed by atoms with Crippen LogP contribution in [0.25, 0.3) is 0 Å². The summed E-state index contributed by atoms with van der Waals surface area (Å²) in [4.78, 5) is 22.6. The summed E-state index contributed by atoms with van der Waals surface area (Å²) in [6.07, 6.45) is -0.617. The highest BCUT2D eigenvalue weighted by Gasteiger charge is 2.40. The normalized spacial score (nSPS) is 23.2. The Labute approximate surface area is 98.5 Å². The van der Waals surface area contributed by atoms with Gasteiger partial charge in [0.25, 0.3) is 0 Å². The summed E-state index contributed by atoms with van der Waals surface area (Å²) in [5, 5.41) is 0. The first-order chi connectivity index (χ1) is 8.13. The van der Waals surface area contributed by atoms with Crippen molar-refractivity contribution in [3.8, 4) is 5.75 Å². The zero-order valence-corrected chi connectivity index (χ0v) is 9.38. The lowest BCUT2D eigenvalue weighted by Crippen LogP contribution is -2.25.